The highest BCUT2D eigenvalue weighted by Crippen LogP contribution is 2.31. The molecule has 24 heavy (non-hydrogen) atoms. The Hall–Kier alpha value is -1.14. The highest BCUT2D eigenvalue weighted by molar-refractivity contribution is 7.98. The second kappa shape index (κ2) is 8.81. The summed E-state index contributed by atoms with van der Waals surface area (Å²) in [5, 5.41) is 0.646. The third-order valence-electron chi connectivity index (χ3n) is 3.84. The standard InChI is InChI=1S/C17H20ClS.BF4/c1-12-10-17(15(4)14(3)13(12)2)19(11-18)16-8-6-5-7-9-16;2-1(3,4)5/h5-10H,11H2,1-4H3;/q+1;-1. The number of halogens is 5. The first-order chi connectivity index (χ1) is 11.1. The molecule has 0 aliphatic heterocycles. The zero-order chi connectivity index (χ0) is 18.5. The first-order valence-electron chi connectivity index (χ1n) is 7.33. The summed E-state index contributed by atoms with van der Waals surface area (Å²) in [6.45, 7) is 8.81. The van der Waals surface area contributed by atoms with E-state index in [1.54, 1.807) is 0 Å². The summed E-state index contributed by atoms with van der Waals surface area (Å²) in [6.07, 6.45) is 0. The predicted octanol–water partition coefficient (Wildman–Crippen LogP) is 6.45. The molecule has 0 aliphatic rings. The fraction of sp³-hybridized carbons (Fsp3) is 0.294. The van der Waals surface area contributed by atoms with Gasteiger partial charge in [0.1, 0.15) is 0 Å². The number of hydrogen-bond donors (Lipinski definition) is 0. The van der Waals surface area contributed by atoms with Gasteiger partial charge in [-0.2, -0.15) is 0 Å². The molecule has 1 unspecified atom stereocenters. The lowest BCUT2D eigenvalue weighted by Crippen LogP contribution is -2.09. The van der Waals surface area contributed by atoms with Gasteiger partial charge in [-0.1, -0.05) is 29.8 Å². The van der Waals surface area contributed by atoms with E-state index >= 15 is 0 Å². The summed E-state index contributed by atoms with van der Waals surface area (Å²) < 4.78 is 39.0. The number of benzene rings is 2. The lowest BCUT2D eigenvalue weighted by Gasteiger charge is -2.13. The van der Waals surface area contributed by atoms with Crippen LogP contribution in [0.3, 0.4) is 0 Å². The van der Waals surface area contributed by atoms with Crippen molar-refractivity contribution >= 4 is 29.8 Å². The Morgan fingerprint density at radius 3 is 1.83 bits per heavy atom. The largest absolute Gasteiger partial charge is 0.673 e. The molecule has 0 saturated carbocycles. The van der Waals surface area contributed by atoms with Crippen LogP contribution in [-0.4, -0.2) is 12.5 Å². The van der Waals surface area contributed by atoms with Crippen molar-refractivity contribution in [2.24, 2.45) is 0 Å². The first kappa shape index (κ1) is 20.9. The maximum absolute atomic E-state index is 9.75. The summed E-state index contributed by atoms with van der Waals surface area (Å²) in [5.74, 6) is 0. The molecule has 0 heterocycles. The molecule has 0 nitrogen and oxygen atoms in total. The second-order valence-electron chi connectivity index (χ2n) is 5.37. The van der Waals surface area contributed by atoms with E-state index in [1.165, 1.54) is 32.0 Å². The minimum atomic E-state index is -6.00. The molecule has 7 heteroatoms. The van der Waals surface area contributed by atoms with E-state index in [9.17, 15) is 17.3 Å². The summed E-state index contributed by atoms with van der Waals surface area (Å²) in [6, 6.07) is 12.9. The summed E-state index contributed by atoms with van der Waals surface area (Å²) in [4.78, 5) is 2.71. The van der Waals surface area contributed by atoms with Crippen molar-refractivity contribution in [3.05, 3.63) is 58.7 Å². The number of rotatable bonds is 3. The third-order valence-corrected chi connectivity index (χ3v) is 6.51. The van der Waals surface area contributed by atoms with Crippen molar-refractivity contribution in [3.63, 3.8) is 0 Å². The molecular weight excluding hydrogens is 359 g/mol. The van der Waals surface area contributed by atoms with Gasteiger partial charge in [-0.15, -0.1) is 0 Å². The van der Waals surface area contributed by atoms with Crippen LogP contribution in [0.2, 0.25) is 0 Å². The Morgan fingerprint density at radius 1 is 0.875 bits per heavy atom. The van der Waals surface area contributed by atoms with Gasteiger partial charge in [-0.05, 0) is 62.6 Å². The molecule has 0 N–H and O–H groups in total. The SMILES string of the molecule is Cc1cc([S+](CCl)c2ccccc2)c(C)c(C)c1C.F[B-](F)(F)F. The Labute approximate surface area is 148 Å². The van der Waals surface area contributed by atoms with Crippen LogP contribution in [-0.2, 0) is 10.9 Å². The van der Waals surface area contributed by atoms with E-state index < -0.39 is 7.25 Å². The Morgan fingerprint density at radius 2 is 1.38 bits per heavy atom. The minimum absolute atomic E-state index is 0.0332. The van der Waals surface area contributed by atoms with Crippen LogP contribution in [0.4, 0.5) is 17.3 Å². The normalized spacial score (nSPS) is 12.4. The lowest BCUT2D eigenvalue weighted by atomic mass is 10.00. The van der Waals surface area contributed by atoms with Crippen LogP contribution in [0.25, 0.3) is 0 Å². The number of aryl methyl sites for hydroxylation is 1. The molecule has 0 fully saturated rings. The molecule has 2 aromatic rings. The maximum atomic E-state index is 9.75. The second-order valence-corrected chi connectivity index (χ2v) is 7.94. The van der Waals surface area contributed by atoms with E-state index in [0.717, 1.165) is 0 Å². The van der Waals surface area contributed by atoms with Gasteiger partial charge >= 0.3 is 7.25 Å². The van der Waals surface area contributed by atoms with E-state index in [-0.39, 0.29) is 10.9 Å². The van der Waals surface area contributed by atoms with Gasteiger partial charge < -0.3 is 17.3 Å². The highest BCUT2D eigenvalue weighted by Gasteiger charge is 2.27. The fourth-order valence-corrected chi connectivity index (χ4v) is 4.82. The molecule has 0 spiro atoms. The highest BCUT2D eigenvalue weighted by atomic mass is 35.5. The van der Waals surface area contributed by atoms with Crippen molar-refractivity contribution in [1.29, 1.82) is 0 Å². The summed E-state index contributed by atoms with van der Waals surface area (Å²) in [5.41, 5.74) is 5.54. The molecule has 0 bridgehead atoms. The molecule has 1 atom stereocenters. The number of alkyl halides is 1. The van der Waals surface area contributed by atoms with Crippen LogP contribution in [0, 0.1) is 27.7 Å². The van der Waals surface area contributed by atoms with Crippen LogP contribution >= 0.6 is 11.6 Å². The van der Waals surface area contributed by atoms with E-state index in [1.807, 2.05) is 0 Å². The Balaban J connectivity index is 0.000000505. The monoisotopic (exact) mass is 378 g/mol. The van der Waals surface area contributed by atoms with Crippen molar-refractivity contribution in [2.45, 2.75) is 37.5 Å². The van der Waals surface area contributed by atoms with Gasteiger partial charge in [0, 0.05) is 5.56 Å². The molecule has 2 rings (SSSR count). The first-order valence-corrected chi connectivity index (χ1v) is 9.25. The van der Waals surface area contributed by atoms with Gasteiger partial charge in [-0.3, -0.25) is 0 Å². The van der Waals surface area contributed by atoms with Gasteiger partial charge in [0.05, 0.1) is 10.9 Å². The van der Waals surface area contributed by atoms with Crippen LogP contribution in [0.1, 0.15) is 22.3 Å². The Bertz CT molecular complexity index is 669. The van der Waals surface area contributed by atoms with Gasteiger partial charge in [0.25, 0.3) is 0 Å². The van der Waals surface area contributed by atoms with Gasteiger partial charge in [0.15, 0.2) is 15.0 Å². The Kier molecular flexibility index (Phi) is 7.68. The summed E-state index contributed by atoms with van der Waals surface area (Å²) >= 11 is 6.27. The van der Waals surface area contributed by atoms with Crippen molar-refractivity contribution in [2.75, 3.05) is 5.21 Å². The van der Waals surface area contributed by atoms with Crippen LogP contribution in [0.15, 0.2) is 46.2 Å². The van der Waals surface area contributed by atoms with Gasteiger partial charge in [0.2, 0.25) is 0 Å². The summed E-state index contributed by atoms with van der Waals surface area (Å²) in [7, 11) is -6.03. The van der Waals surface area contributed by atoms with Crippen molar-refractivity contribution < 1.29 is 17.3 Å². The smallest absolute Gasteiger partial charge is 0.418 e. The van der Waals surface area contributed by atoms with E-state index in [4.69, 9.17) is 11.6 Å². The zero-order valence-corrected chi connectivity index (χ0v) is 15.6. The topological polar surface area (TPSA) is 0 Å². The number of hydrogen-bond acceptors (Lipinski definition) is 0. The molecule has 0 radical (unpaired) electrons. The van der Waals surface area contributed by atoms with Crippen LogP contribution < -0.4 is 0 Å². The maximum Gasteiger partial charge on any atom is 0.673 e. The average Bonchev–Trinajstić information content (AvgIpc) is 2.50. The zero-order valence-electron chi connectivity index (χ0n) is 14.0. The quantitative estimate of drug-likeness (QED) is 0.249. The molecule has 132 valence electrons. The fourth-order valence-electron chi connectivity index (χ4n) is 2.26. The molecule has 0 amide bonds. The molecule has 0 saturated heterocycles. The van der Waals surface area contributed by atoms with Gasteiger partial charge in [-0.25, -0.2) is 0 Å². The molecule has 0 aromatic heterocycles. The van der Waals surface area contributed by atoms with Crippen molar-refractivity contribution in [3.8, 4) is 0 Å². The van der Waals surface area contributed by atoms with E-state index in [0.29, 0.717) is 5.21 Å². The van der Waals surface area contributed by atoms with Crippen LogP contribution in [0.5, 0.6) is 0 Å². The average molecular weight is 379 g/mol. The minimum Gasteiger partial charge on any atom is -0.418 e. The lowest BCUT2D eigenvalue weighted by molar-refractivity contribution is 0.368. The molecule has 0 aliphatic carbocycles. The molecule has 2 aromatic carbocycles. The van der Waals surface area contributed by atoms with Crippen molar-refractivity contribution in [1.82, 2.24) is 0 Å². The third kappa shape index (κ3) is 6.06. The van der Waals surface area contributed by atoms with E-state index in [2.05, 4.69) is 64.1 Å². The molecular formula is C17H20BClF4S. The predicted molar refractivity (Wildman–Crippen MR) is 96.6 cm³/mol.